The van der Waals surface area contributed by atoms with Crippen molar-refractivity contribution in [3.63, 3.8) is 0 Å². The monoisotopic (exact) mass is 285 g/mol. The van der Waals surface area contributed by atoms with Crippen molar-refractivity contribution in [1.82, 2.24) is 0 Å². The second kappa shape index (κ2) is 4.88. The van der Waals surface area contributed by atoms with E-state index < -0.39 is 0 Å². The van der Waals surface area contributed by atoms with Crippen molar-refractivity contribution >= 4 is 5.69 Å². The molecule has 0 saturated carbocycles. The number of benzene rings is 2. The van der Waals surface area contributed by atoms with Crippen LogP contribution in [0.4, 0.5) is 5.69 Å². The van der Waals surface area contributed by atoms with Gasteiger partial charge in [0, 0.05) is 18.1 Å². The van der Waals surface area contributed by atoms with Crippen molar-refractivity contribution in [2.45, 2.75) is 25.9 Å². The fourth-order valence-electron chi connectivity index (χ4n) is 2.53. The molecule has 0 unspecified atom stereocenters. The molecule has 0 aromatic heterocycles. The van der Waals surface area contributed by atoms with Crippen LogP contribution in [0.25, 0.3) is 0 Å². The maximum absolute atomic E-state index is 6.00. The Kier molecular flexibility index (Phi) is 3.16. The Labute approximate surface area is 124 Å². The molecule has 2 aromatic carbocycles. The number of methoxy groups -OCH3 is 1. The summed E-state index contributed by atoms with van der Waals surface area (Å²) in [5.74, 6) is 2.79. The van der Waals surface area contributed by atoms with Gasteiger partial charge in [-0.15, -0.1) is 0 Å². The molecule has 3 rings (SSSR count). The first-order valence-electron chi connectivity index (χ1n) is 6.91. The van der Waals surface area contributed by atoms with Gasteiger partial charge in [0.15, 0.2) is 17.2 Å². The van der Waals surface area contributed by atoms with E-state index in [0.717, 1.165) is 17.7 Å². The minimum atomic E-state index is -0.201. The first-order chi connectivity index (χ1) is 9.98. The van der Waals surface area contributed by atoms with Crippen molar-refractivity contribution in [2.75, 3.05) is 12.8 Å². The predicted octanol–water partition coefficient (Wildman–Crippen LogP) is 3.78. The summed E-state index contributed by atoms with van der Waals surface area (Å²) >= 11 is 0. The number of ether oxygens (including phenoxy) is 3. The van der Waals surface area contributed by atoms with E-state index in [1.165, 1.54) is 0 Å². The maximum atomic E-state index is 6.00. The lowest BCUT2D eigenvalue weighted by atomic mass is 10.0. The zero-order valence-electron chi connectivity index (χ0n) is 12.5. The van der Waals surface area contributed by atoms with E-state index >= 15 is 0 Å². The summed E-state index contributed by atoms with van der Waals surface area (Å²) in [6.45, 7) is 4.14. The molecule has 0 saturated heterocycles. The Bertz CT molecular complexity index is 680. The minimum Gasteiger partial charge on any atom is -0.497 e. The zero-order chi connectivity index (χ0) is 15.0. The standard InChI is InChI=1S/C17H19NO3/c1-17(2)10-11-5-4-6-15(16(11)21-17)20-14-8-7-12(19-3)9-13(14)18/h4-9H,10,18H2,1-3H3. The van der Waals surface area contributed by atoms with Crippen LogP contribution in [-0.2, 0) is 6.42 Å². The first-order valence-corrected chi connectivity index (χ1v) is 6.91. The number of fused-ring (bicyclic) bond motifs is 1. The van der Waals surface area contributed by atoms with Gasteiger partial charge in [0.2, 0.25) is 0 Å². The van der Waals surface area contributed by atoms with Gasteiger partial charge in [-0.3, -0.25) is 0 Å². The molecule has 0 atom stereocenters. The summed E-state index contributed by atoms with van der Waals surface area (Å²) in [6.07, 6.45) is 0.873. The molecule has 21 heavy (non-hydrogen) atoms. The third kappa shape index (κ3) is 2.61. The average Bonchev–Trinajstić information content (AvgIpc) is 2.76. The van der Waals surface area contributed by atoms with Crippen LogP contribution in [0.3, 0.4) is 0 Å². The zero-order valence-corrected chi connectivity index (χ0v) is 12.5. The Morgan fingerprint density at radius 1 is 1.14 bits per heavy atom. The fourth-order valence-corrected chi connectivity index (χ4v) is 2.53. The number of hydrogen-bond donors (Lipinski definition) is 1. The van der Waals surface area contributed by atoms with E-state index in [-0.39, 0.29) is 5.60 Å². The largest absolute Gasteiger partial charge is 0.497 e. The molecule has 0 spiro atoms. The molecule has 0 aliphatic carbocycles. The first kappa shape index (κ1) is 13.6. The molecule has 110 valence electrons. The van der Waals surface area contributed by atoms with Gasteiger partial charge < -0.3 is 19.9 Å². The van der Waals surface area contributed by atoms with E-state index in [2.05, 4.69) is 19.9 Å². The summed E-state index contributed by atoms with van der Waals surface area (Å²) in [7, 11) is 1.61. The number of nitrogen functional groups attached to an aromatic ring is 1. The van der Waals surface area contributed by atoms with Crippen molar-refractivity contribution in [2.24, 2.45) is 0 Å². The molecule has 0 amide bonds. The predicted molar refractivity (Wildman–Crippen MR) is 82.3 cm³/mol. The van der Waals surface area contributed by atoms with Crippen LogP contribution >= 0.6 is 0 Å². The third-order valence-electron chi connectivity index (χ3n) is 3.49. The van der Waals surface area contributed by atoms with Crippen molar-refractivity contribution in [1.29, 1.82) is 0 Å². The number of rotatable bonds is 3. The van der Waals surface area contributed by atoms with E-state index in [9.17, 15) is 0 Å². The highest BCUT2D eigenvalue weighted by molar-refractivity contribution is 5.59. The van der Waals surface area contributed by atoms with Crippen LogP contribution in [0.15, 0.2) is 36.4 Å². The highest BCUT2D eigenvalue weighted by atomic mass is 16.5. The van der Waals surface area contributed by atoms with E-state index in [4.69, 9.17) is 19.9 Å². The highest BCUT2D eigenvalue weighted by Gasteiger charge is 2.32. The lowest BCUT2D eigenvalue weighted by Crippen LogP contribution is -2.24. The lowest BCUT2D eigenvalue weighted by molar-refractivity contribution is 0.135. The summed E-state index contributed by atoms with van der Waals surface area (Å²) in [5, 5.41) is 0. The SMILES string of the molecule is COc1ccc(Oc2cccc3c2OC(C)(C)C3)c(N)c1. The van der Waals surface area contributed by atoms with Crippen LogP contribution in [0.5, 0.6) is 23.0 Å². The number of para-hydroxylation sites is 1. The van der Waals surface area contributed by atoms with Crippen molar-refractivity contribution in [3.8, 4) is 23.0 Å². The van der Waals surface area contributed by atoms with Crippen LogP contribution < -0.4 is 19.9 Å². The lowest BCUT2D eigenvalue weighted by Gasteiger charge is -2.18. The van der Waals surface area contributed by atoms with Gasteiger partial charge in [-0.2, -0.15) is 0 Å². The molecule has 0 radical (unpaired) electrons. The van der Waals surface area contributed by atoms with Gasteiger partial charge in [-0.25, -0.2) is 0 Å². The molecule has 0 bridgehead atoms. The molecule has 0 fully saturated rings. The second-order valence-corrected chi connectivity index (χ2v) is 5.79. The Balaban J connectivity index is 1.92. The summed E-state index contributed by atoms with van der Waals surface area (Å²) < 4.78 is 17.1. The van der Waals surface area contributed by atoms with Crippen LogP contribution in [-0.4, -0.2) is 12.7 Å². The van der Waals surface area contributed by atoms with Gasteiger partial charge in [-0.05, 0) is 32.0 Å². The van der Waals surface area contributed by atoms with E-state index in [1.54, 1.807) is 19.2 Å². The quantitative estimate of drug-likeness (QED) is 0.872. The van der Waals surface area contributed by atoms with Gasteiger partial charge >= 0.3 is 0 Å². The van der Waals surface area contributed by atoms with E-state index in [1.807, 2.05) is 18.2 Å². The molecular formula is C17H19NO3. The summed E-state index contributed by atoms with van der Waals surface area (Å²) in [6, 6.07) is 11.3. The Morgan fingerprint density at radius 2 is 1.95 bits per heavy atom. The number of hydrogen-bond acceptors (Lipinski definition) is 4. The molecular weight excluding hydrogens is 266 g/mol. The van der Waals surface area contributed by atoms with E-state index in [0.29, 0.717) is 22.9 Å². The highest BCUT2D eigenvalue weighted by Crippen LogP contribution is 2.44. The summed E-state index contributed by atoms with van der Waals surface area (Å²) in [4.78, 5) is 0. The molecule has 4 heteroatoms. The minimum absolute atomic E-state index is 0.201. The molecule has 2 N–H and O–H groups in total. The summed E-state index contributed by atoms with van der Waals surface area (Å²) in [5.41, 5.74) is 7.49. The van der Waals surface area contributed by atoms with Gasteiger partial charge in [0.05, 0.1) is 12.8 Å². The van der Waals surface area contributed by atoms with Gasteiger partial charge in [0.25, 0.3) is 0 Å². The normalized spacial score (nSPS) is 15.2. The van der Waals surface area contributed by atoms with Crippen molar-refractivity contribution < 1.29 is 14.2 Å². The van der Waals surface area contributed by atoms with Crippen molar-refractivity contribution in [3.05, 3.63) is 42.0 Å². The third-order valence-corrected chi connectivity index (χ3v) is 3.49. The Morgan fingerprint density at radius 3 is 2.67 bits per heavy atom. The van der Waals surface area contributed by atoms with Crippen LogP contribution in [0.1, 0.15) is 19.4 Å². The Hall–Kier alpha value is -2.36. The number of anilines is 1. The molecule has 1 heterocycles. The molecule has 4 nitrogen and oxygen atoms in total. The second-order valence-electron chi connectivity index (χ2n) is 5.79. The van der Waals surface area contributed by atoms with Gasteiger partial charge in [0.1, 0.15) is 11.4 Å². The molecule has 1 aliphatic rings. The molecule has 2 aromatic rings. The average molecular weight is 285 g/mol. The maximum Gasteiger partial charge on any atom is 0.169 e. The molecule has 1 aliphatic heterocycles. The smallest absolute Gasteiger partial charge is 0.169 e. The van der Waals surface area contributed by atoms with Crippen LogP contribution in [0, 0.1) is 0 Å². The van der Waals surface area contributed by atoms with Crippen LogP contribution in [0.2, 0.25) is 0 Å². The topological polar surface area (TPSA) is 53.7 Å². The number of nitrogens with two attached hydrogens (primary N) is 1. The van der Waals surface area contributed by atoms with Gasteiger partial charge in [-0.1, -0.05) is 12.1 Å². The fraction of sp³-hybridized carbons (Fsp3) is 0.294.